The highest BCUT2D eigenvalue weighted by atomic mass is 32.2. The van der Waals surface area contributed by atoms with E-state index in [1.54, 1.807) is 23.0 Å². The zero-order valence-electron chi connectivity index (χ0n) is 11.7. The maximum Gasteiger partial charge on any atom is 0.246 e. The molecule has 108 valence electrons. The monoisotopic (exact) mass is 286 g/mol. The number of nitrogens with zero attached hydrogens (tertiary/aromatic N) is 3. The summed E-state index contributed by atoms with van der Waals surface area (Å²) in [5.74, 6) is 0.715. The quantitative estimate of drug-likeness (QED) is 0.868. The van der Waals surface area contributed by atoms with Crippen molar-refractivity contribution in [1.29, 1.82) is 0 Å². The van der Waals surface area contributed by atoms with Gasteiger partial charge in [0.1, 0.15) is 4.90 Å². The summed E-state index contributed by atoms with van der Waals surface area (Å²) in [7, 11) is -1.70. The fourth-order valence-corrected chi connectivity index (χ4v) is 4.21. The van der Waals surface area contributed by atoms with Crippen LogP contribution in [0, 0.1) is 18.8 Å². The van der Waals surface area contributed by atoms with Crippen LogP contribution >= 0.6 is 0 Å². The zero-order chi connectivity index (χ0) is 14.2. The van der Waals surface area contributed by atoms with Gasteiger partial charge in [0.15, 0.2) is 0 Å². The van der Waals surface area contributed by atoms with Crippen LogP contribution in [-0.2, 0) is 17.1 Å². The third-order valence-corrected chi connectivity index (χ3v) is 6.16. The highest BCUT2D eigenvalue weighted by Gasteiger charge is 2.34. The predicted molar refractivity (Wildman–Crippen MR) is 73.0 cm³/mol. The molecule has 1 aliphatic heterocycles. The van der Waals surface area contributed by atoms with Crippen LogP contribution in [0.15, 0.2) is 11.1 Å². The second kappa shape index (κ2) is 5.22. The number of aromatic nitrogens is 2. The highest BCUT2D eigenvalue weighted by Crippen LogP contribution is 2.28. The Labute approximate surface area is 114 Å². The van der Waals surface area contributed by atoms with Gasteiger partial charge in [-0.15, -0.1) is 0 Å². The van der Waals surface area contributed by atoms with Gasteiger partial charge >= 0.3 is 0 Å². The summed E-state index contributed by atoms with van der Waals surface area (Å²) in [6, 6.07) is 0. The minimum Gasteiger partial charge on any atom is -0.330 e. The molecule has 2 atom stereocenters. The molecule has 0 bridgehead atoms. The van der Waals surface area contributed by atoms with E-state index in [2.05, 4.69) is 12.0 Å². The van der Waals surface area contributed by atoms with Gasteiger partial charge in [-0.2, -0.15) is 9.40 Å². The third kappa shape index (κ3) is 2.54. The minimum atomic E-state index is -3.44. The Hall–Kier alpha value is -0.920. The molecule has 2 rings (SSSR count). The van der Waals surface area contributed by atoms with Crippen LogP contribution < -0.4 is 5.73 Å². The maximum atomic E-state index is 12.6. The average Bonchev–Trinajstić information content (AvgIpc) is 2.71. The summed E-state index contributed by atoms with van der Waals surface area (Å²) in [5.41, 5.74) is 6.40. The van der Waals surface area contributed by atoms with Crippen molar-refractivity contribution in [3.05, 3.63) is 11.9 Å². The van der Waals surface area contributed by atoms with E-state index in [-0.39, 0.29) is 5.92 Å². The Morgan fingerprint density at radius 1 is 1.53 bits per heavy atom. The molecule has 1 aromatic rings. The number of rotatable bonds is 3. The summed E-state index contributed by atoms with van der Waals surface area (Å²) in [5, 5.41) is 4.02. The van der Waals surface area contributed by atoms with Crippen LogP contribution in [0.1, 0.15) is 19.0 Å². The summed E-state index contributed by atoms with van der Waals surface area (Å²) >= 11 is 0. The van der Waals surface area contributed by atoms with Gasteiger partial charge < -0.3 is 5.73 Å². The zero-order valence-corrected chi connectivity index (χ0v) is 12.5. The Balaban J connectivity index is 2.28. The van der Waals surface area contributed by atoms with Crippen molar-refractivity contribution in [2.24, 2.45) is 24.6 Å². The summed E-state index contributed by atoms with van der Waals surface area (Å²) in [6.07, 6.45) is 2.29. The number of hydrogen-bond acceptors (Lipinski definition) is 4. The topological polar surface area (TPSA) is 81.2 Å². The molecule has 0 aromatic carbocycles. The molecule has 6 nitrogen and oxygen atoms in total. The van der Waals surface area contributed by atoms with Crippen LogP contribution in [0.2, 0.25) is 0 Å². The van der Waals surface area contributed by atoms with Gasteiger partial charge in [0.2, 0.25) is 10.0 Å². The number of aryl methyl sites for hydroxylation is 1. The van der Waals surface area contributed by atoms with E-state index < -0.39 is 10.0 Å². The molecule has 1 fully saturated rings. The van der Waals surface area contributed by atoms with Crippen LogP contribution in [-0.4, -0.2) is 42.1 Å². The molecule has 0 radical (unpaired) electrons. The molecule has 2 heterocycles. The molecule has 1 saturated heterocycles. The number of nitrogens with two attached hydrogens (primary N) is 1. The average molecular weight is 286 g/mol. The van der Waals surface area contributed by atoms with E-state index in [0.717, 1.165) is 6.42 Å². The summed E-state index contributed by atoms with van der Waals surface area (Å²) in [4.78, 5) is 0.306. The van der Waals surface area contributed by atoms with Crippen molar-refractivity contribution in [3.8, 4) is 0 Å². The molecule has 0 aliphatic carbocycles. The first-order valence-corrected chi connectivity index (χ1v) is 8.00. The first kappa shape index (κ1) is 14.5. The molecule has 0 saturated carbocycles. The molecule has 2 unspecified atom stereocenters. The lowest BCUT2D eigenvalue weighted by molar-refractivity contribution is 0.203. The van der Waals surface area contributed by atoms with E-state index in [1.807, 2.05) is 0 Å². The van der Waals surface area contributed by atoms with Gasteiger partial charge in [0.05, 0.1) is 11.9 Å². The molecule has 7 heteroatoms. The van der Waals surface area contributed by atoms with Gasteiger partial charge in [0.25, 0.3) is 0 Å². The highest BCUT2D eigenvalue weighted by molar-refractivity contribution is 7.89. The first-order valence-electron chi connectivity index (χ1n) is 6.56. The van der Waals surface area contributed by atoms with Crippen molar-refractivity contribution in [2.45, 2.75) is 25.2 Å². The molecule has 1 aliphatic rings. The number of piperidine rings is 1. The predicted octanol–water partition coefficient (Wildman–Crippen LogP) is 0.334. The van der Waals surface area contributed by atoms with Gasteiger partial charge in [-0.05, 0) is 31.7 Å². The molecule has 0 amide bonds. The second-order valence-electron chi connectivity index (χ2n) is 5.34. The van der Waals surface area contributed by atoms with Gasteiger partial charge in [0, 0.05) is 20.1 Å². The smallest absolute Gasteiger partial charge is 0.246 e. The Kier molecular flexibility index (Phi) is 3.98. The van der Waals surface area contributed by atoms with Crippen molar-refractivity contribution in [3.63, 3.8) is 0 Å². The van der Waals surface area contributed by atoms with E-state index in [9.17, 15) is 8.42 Å². The van der Waals surface area contributed by atoms with E-state index in [4.69, 9.17) is 5.73 Å². The molecule has 1 aromatic heterocycles. The Morgan fingerprint density at radius 2 is 2.21 bits per heavy atom. The lowest BCUT2D eigenvalue weighted by atomic mass is 9.88. The fourth-order valence-electron chi connectivity index (χ4n) is 2.51. The molecule has 19 heavy (non-hydrogen) atoms. The van der Waals surface area contributed by atoms with Crippen molar-refractivity contribution >= 4 is 10.0 Å². The van der Waals surface area contributed by atoms with Gasteiger partial charge in [-0.3, -0.25) is 4.68 Å². The number of sulfonamides is 1. The fraction of sp³-hybridized carbons (Fsp3) is 0.750. The SMILES string of the molecule is Cc1c(S(=O)(=O)N2CCC(C)C(CN)C2)cnn1C. The number of hydrogen-bond donors (Lipinski definition) is 1. The Morgan fingerprint density at radius 3 is 2.74 bits per heavy atom. The van der Waals surface area contributed by atoms with Crippen molar-refractivity contribution < 1.29 is 8.42 Å². The second-order valence-corrected chi connectivity index (χ2v) is 7.25. The molecular weight excluding hydrogens is 264 g/mol. The molecule has 0 spiro atoms. The standard InChI is InChI=1S/C12H22N4O2S/c1-9-4-5-16(8-11(9)6-13)19(17,18)12-7-14-15(3)10(12)2/h7,9,11H,4-6,8,13H2,1-3H3. The summed E-state index contributed by atoms with van der Waals surface area (Å²) < 4.78 is 28.4. The first-order chi connectivity index (χ1) is 8.87. The van der Waals surface area contributed by atoms with E-state index >= 15 is 0 Å². The van der Waals surface area contributed by atoms with Crippen molar-refractivity contribution in [2.75, 3.05) is 19.6 Å². The van der Waals surface area contributed by atoms with Crippen LogP contribution in [0.4, 0.5) is 0 Å². The molecular formula is C12H22N4O2S. The lowest BCUT2D eigenvalue weighted by Crippen LogP contribution is -2.45. The van der Waals surface area contributed by atoms with Crippen LogP contribution in [0.3, 0.4) is 0 Å². The largest absolute Gasteiger partial charge is 0.330 e. The minimum absolute atomic E-state index is 0.237. The maximum absolute atomic E-state index is 12.6. The van der Waals surface area contributed by atoms with Crippen LogP contribution in [0.5, 0.6) is 0 Å². The molecule has 2 N–H and O–H groups in total. The summed E-state index contributed by atoms with van der Waals surface area (Å²) in [6.45, 7) is 5.51. The third-order valence-electron chi connectivity index (χ3n) is 4.19. The van der Waals surface area contributed by atoms with Gasteiger partial charge in [-0.25, -0.2) is 8.42 Å². The van der Waals surface area contributed by atoms with Crippen molar-refractivity contribution in [1.82, 2.24) is 14.1 Å². The normalized spacial score (nSPS) is 25.7. The Bertz CT molecular complexity index is 552. The van der Waals surface area contributed by atoms with E-state index in [1.165, 1.54) is 6.20 Å². The van der Waals surface area contributed by atoms with E-state index in [0.29, 0.717) is 36.1 Å². The lowest BCUT2D eigenvalue weighted by Gasteiger charge is -2.35. The van der Waals surface area contributed by atoms with Crippen LogP contribution in [0.25, 0.3) is 0 Å². The van der Waals surface area contributed by atoms with Gasteiger partial charge in [-0.1, -0.05) is 6.92 Å².